The second-order valence-electron chi connectivity index (χ2n) is 4.09. The lowest BCUT2D eigenvalue weighted by Gasteiger charge is -2.14. The largest absolute Gasteiger partial charge is 0.480 e. The Kier molecular flexibility index (Phi) is 4.34. The molecule has 0 heterocycles. The van der Waals surface area contributed by atoms with Gasteiger partial charge in [-0.15, -0.1) is 0 Å². The van der Waals surface area contributed by atoms with E-state index in [-0.39, 0.29) is 6.42 Å². The summed E-state index contributed by atoms with van der Waals surface area (Å²) < 4.78 is 37.8. The van der Waals surface area contributed by atoms with Crippen LogP contribution in [-0.2, 0) is 17.4 Å². The molecule has 0 fully saturated rings. The van der Waals surface area contributed by atoms with Crippen LogP contribution in [0.3, 0.4) is 0 Å². The molecular formula is C12H14F3NO2. The van der Waals surface area contributed by atoms with Crippen molar-refractivity contribution in [2.45, 2.75) is 25.6 Å². The quantitative estimate of drug-likeness (QED) is 0.873. The predicted octanol–water partition coefficient (Wildman–Crippen LogP) is 2.23. The van der Waals surface area contributed by atoms with Crippen molar-refractivity contribution >= 4 is 5.97 Å². The van der Waals surface area contributed by atoms with E-state index >= 15 is 0 Å². The highest BCUT2D eigenvalue weighted by Gasteiger charge is 2.31. The van der Waals surface area contributed by atoms with E-state index in [1.807, 2.05) is 0 Å². The Morgan fingerprint density at radius 3 is 2.44 bits per heavy atom. The molecule has 0 spiro atoms. The summed E-state index contributed by atoms with van der Waals surface area (Å²) in [5.74, 6) is -1.09. The highest BCUT2D eigenvalue weighted by Crippen LogP contribution is 2.30. The molecule has 0 saturated carbocycles. The van der Waals surface area contributed by atoms with Gasteiger partial charge in [0.1, 0.15) is 6.04 Å². The van der Waals surface area contributed by atoms with Gasteiger partial charge >= 0.3 is 12.1 Å². The fourth-order valence-electron chi connectivity index (χ4n) is 1.69. The van der Waals surface area contributed by atoms with Gasteiger partial charge in [-0.1, -0.05) is 11.6 Å². The van der Waals surface area contributed by atoms with Gasteiger partial charge in [-0.3, -0.25) is 4.79 Å². The maximum atomic E-state index is 12.6. The fourth-order valence-corrected chi connectivity index (χ4v) is 1.69. The molecule has 18 heavy (non-hydrogen) atoms. The molecule has 0 aliphatic heterocycles. The lowest BCUT2D eigenvalue weighted by molar-refractivity contribution is -0.139. The molecule has 6 heteroatoms. The SMILES string of the molecule is CN[C@@H](Cc1cc(C)cc(C(F)(F)F)c1)C(=O)O. The third-order valence-corrected chi connectivity index (χ3v) is 2.55. The first-order valence-electron chi connectivity index (χ1n) is 5.32. The average Bonchev–Trinajstić information content (AvgIpc) is 2.23. The molecule has 100 valence electrons. The summed E-state index contributed by atoms with van der Waals surface area (Å²) >= 11 is 0. The number of hydrogen-bond acceptors (Lipinski definition) is 2. The third kappa shape index (κ3) is 3.73. The number of carbonyl (C=O) groups is 1. The number of benzene rings is 1. The summed E-state index contributed by atoms with van der Waals surface area (Å²) in [5.41, 5.74) is 0.0573. The molecule has 2 N–H and O–H groups in total. The van der Waals surface area contributed by atoms with Crippen LogP contribution >= 0.6 is 0 Å². The van der Waals surface area contributed by atoms with Crippen LogP contribution in [0.15, 0.2) is 18.2 Å². The van der Waals surface area contributed by atoms with Crippen molar-refractivity contribution in [2.75, 3.05) is 7.05 Å². The highest BCUT2D eigenvalue weighted by atomic mass is 19.4. The molecule has 0 bridgehead atoms. The van der Waals surface area contributed by atoms with Crippen molar-refractivity contribution in [3.05, 3.63) is 34.9 Å². The van der Waals surface area contributed by atoms with Gasteiger partial charge in [-0.25, -0.2) is 0 Å². The fraction of sp³-hybridized carbons (Fsp3) is 0.417. The van der Waals surface area contributed by atoms with Gasteiger partial charge in [-0.2, -0.15) is 13.2 Å². The second kappa shape index (κ2) is 5.39. The molecule has 0 unspecified atom stereocenters. The van der Waals surface area contributed by atoms with Crippen LogP contribution in [0.1, 0.15) is 16.7 Å². The molecule has 1 rings (SSSR count). The summed E-state index contributed by atoms with van der Waals surface area (Å²) in [7, 11) is 1.46. The van der Waals surface area contributed by atoms with E-state index < -0.39 is 23.8 Å². The Morgan fingerprint density at radius 1 is 1.39 bits per heavy atom. The lowest BCUT2D eigenvalue weighted by atomic mass is 10.0. The molecule has 3 nitrogen and oxygen atoms in total. The maximum absolute atomic E-state index is 12.6. The average molecular weight is 261 g/mol. The zero-order valence-corrected chi connectivity index (χ0v) is 10.0. The first-order chi connectivity index (χ1) is 8.24. The normalized spacial score (nSPS) is 13.4. The van der Waals surface area contributed by atoms with Crippen LogP contribution in [-0.4, -0.2) is 24.2 Å². The van der Waals surface area contributed by atoms with Gasteiger partial charge in [0, 0.05) is 0 Å². The summed E-state index contributed by atoms with van der Waals surface area (Å²) in [6, 6.07) is 2.69. The highest BCUT2D eigenvalue weighted by molar-refractivity contribution is 5.73. The molecule has 0 amide bonds. The van der Waals surface area contributed by atoms with E-state index in [2.05, 4.69) is 5.32 Å². The molecule has 0 aliphatic rings. The van der Waals surface area contributed by atoms with Crippen molar-refractivity contribution in [3.8, 4) is 0 Å². The minimum Gasteiger partial charge on any atom is -0.480 e. The molecule has 0 aliphatic carbocycles. The number of halogens is 3. The Hall–Kier alpha value is -1.56. The van der Waals surface area contributed by atoms with Crippen LogP contribution in [0.4, 0.5) is 13.2 Å². The van der Waals surface area contributed by atoms with Crippen LogP contribution in [0.2, 0.25) is 0 Å². The van der Waals surface area contributed by atoms with Crippen LogP contribution < -0.4 is 5.32 Å². The molecule has 1 atom stereocenters. The molecule has 0 radical (unpaired) electrons. The standard InChI is InChI=1S/C12H14F3NO2/c1-7-3-8(6-10(16-2)11(17)18)5-9(4-7)12(13,14)15/h3-5,10,16H,6H2,1-2H3,(H,17,18)/t10-/m0/s1. The number of likely N-dealkylation sites (N-methyl/N-ethyl adjacent to an activating group) is 1. The van der Waals surface area contributed by atoms with Crippen molar-refractivity contribution in [3.63, 3.8) is 0 Å². The summed E-state index contributed by atoms with van der Waals surface area (Å²) in [5, 5.41) is 11.4. The van der Waals surface area contributed by atoms with Crippen LogP contribution in [0.5, 0.6) is 0 Å². The minimum absolute atomic E-state index is 0.0105. The monoisotopic (exact) mass is 261 g/mol. The van der Waals surface area contributed by atoms with Gasteiger partial charge in [0.25, 0.3) is 0 Å². The van der Waals surface area contributed by atoms with E-state index in [1.165, 1.54) is 7.05 Å². The maximum Gasteiger partial charge on any atom is 0.416 e. The van der Waals surface area contributed by atoms with E-state index in [0.29, 0.717) is 11.1 Å². The van der Waals surface area contributed by atoms with E-state index in [0.717, 1.165) is 12.1 Å². The van der Waals surface area contributed by atoms with E-state index in [4.69, 9.17) is 5.11 Å². The van der Waals surface area contributed by atoms with Crippen molar-refractivity contribution < 1.29 is 23.1 Å². The topological polar surface area (TPSA) is 49.3 Å². The number of hydrogen-bond donors (Lipinski definition) is 2. The number of aryl methyl sites for hydroxylation is 1. The molecule has 1 aromatic carbocycles. The zero-order valence-electron chi connectivity index (χ0n) is 10.0. The minimum atomic E-state index is -4.42. The molecule has 1 aromatic rings. The van der Waals surface area contributed by atoms with Crippen molar-refractivity contribution in [1.82, 2.24) is 5.32 Å². The van der Waals surface area contributed by atoms with Crippen LogP contribution in [0.25, 0.3) is 0 Å². The number of rotatable bonds is 4. The Labute approximate surface area is 103 Å². The van der Waals surface area contributed by atoms with Gasteiger partial charge in [0.2, 0.25) is 0 Å². The Balaban J connectivity index is 3.03. The van der Waals surface area contributed by atoms with Crippen LogP contribution in [0, 0.1) is 6.92 Å². The van der Waals surface area contributed by atoms with E-state index in [1.54, 1.807) is 13.0 Å². The van der Waals surface area contributed by atoms with Gasteiger partial charge in [0.15, 0.2) is 0 Å². The van der Waals surface area contributed by atoms with Gasteiger partial charge in [-0.05, 0) is 38.1 Å². The molecule has 0 aromatic heterocycles. The molecular weight excluding hydrogens is 247 g/mol. The van der Waals surface area contributed by atoms with Crippen molar-refractivity contribution in [2.24, 2.45) is 0 Å². The molecule has 0 saturated heterocycles. The third-order valence-electron chi connectivity index (χ3n) is 2.55. The Bertz CT molecular complexity index is 443. The van der Waals surface area contributed by atoms with Crippen molar-refractivity contribution in [1.29, 1.82) is 0 Å². The zero-order chi connectivity index (χ0) is 13.9. The predicted molar refractivity (Wildman–Crippen MR) is 60.4 cm³/mol. The number of carboxylic acids is 1. The van der Waals surface area contributed by atoms with Gasteiger partial charge < -0.3 is 10.4 Å². The first kappa shape index (κ1) is 14.5. The first-order valence-corrected chi connectivity index (χ1v) is 5.32. The number of alkyl halides is 3. The smallest absolute Gasteiger partial charge is 0.416 e. The number of carboxylic acid groups (broad SMARTS) is 1. The van der Waals surface area contributed by atoms with Gasteiger partial charge in [0.05, 0.1) is 5.56 Å². The Morgan fingerprint density at radius 2 is 2.00 bits per heavy atom. The number of nitrogens with one attached hydrogen (secondary N) is 1. The summed E-state index contributed by atoms with van der Waals surface area (Å²) in [6.45, 7) is 1.55. The lowest BCUT2D eigenvalue weighted by Crippen LogP contribution is -2.35. The summed E-state index contributed by atoms with van der Waals surface area (Å²) in [6.07, 6.45) is -4.41. The second-order valence-corrected chi connectivity index (χ2v) is 4.09. The van der Waals surface area contributed by atoms with E-state index in [9.17, 15) is 18.0 Å². The number of aliphatic carboxylic acids is 1. The summed E-state index contributed by atoms with van der Waals surface area (Å²) in [4.78, 5) is 10.8.